The van der Waals surface area contributed by atoms with Gasteiger partial charge in [-0.3, -0.25) is 10.0 Å². The number of carbonyl (C=O) groups excluding carboxylic acids is 1. The van der Waals surface area contributed by atoms with Gasteiger partial charge in [-0.2, -0.15) is 0 Å². The summed E-state index contributed by atoms with van der Waals surface area (Å²) in [5.74, 6) is 1.18. The maximum Gasteiger partial charge on any atom is 0.284 e. The van der Waals surface area contributed by atoms with Gasteiger partial charge in [-0.15, -0.1) is 11.3 Å². The summed E-state index contributed by atoms with van der Waals surface area (Å²) in [6.45, 7) is 1.56. The molecule has 142 valence electrons. The van der Waals surface area contributed by atoms with E-state index in [1.165, 1.54) is 16.9 Å². The molecule has 0 bridgehead atoms. The van der Waals surface area contributed by atoms with Crippen molar-refractivity contribution in [2.45, 2.75) is 13.0 Å². The molecule has 4 rings (SSSR count). The number of nitrogens with one attached hydrogen (secondary N) is 2. The lowest BCUT2D eigenvalue weighted by Gasteiger charge is -2.03. The van der Waals surface area contributed by atoms with Crippen LogP contribution >= 0.6 is 11.3 Å². The van der Waals surface area contributed by atoms with Gasteiger partial charge in [0.1, 0.15) is 11.5 Å². The van der Waals surface area contributed by atoms with Crippen molar-refractivity contribution in [3.05, 3.63) is 82.9 Å². The molecule has 0 aliphatic carbocycles. The molecule has 28 heavy (non-hydrogen) atoms. The van der Waals surface area contributed by atoms with Crippen molar-refractivity contribution in [2.75, 3.05) is 6.54 Å². The Bertz CT molecular complexity index is 1090. The van der Waals surface area contributed by atoms with Gasteiger partial charge in [0.25, 0.3) is 5.91 Å². The summed E-state index contributed by atoms with van der Waals surface area (Å²) in [4.78, 5) is 12.1. The molecule has 6 heteroatoms. The maximum atomic E-state index is 11.6. The highest BCUT2D eigenvalue weighted by atomic mass is 32.1. The molecule has 0 atom stereocenters. The van der Waals surface area contributed by atoms with Gasteiger partial charge in [0.05, 0.1) is 11.4 Å². The van der Waals surface area contributed by atoms with E-state index in [0.717, 1.165) is 40.1 Å². The van der Waals surface area contributed by atoms with Gasteiger partial charge in [0.15, 0.2) is 0 Å². The second-order valence-corrected chi connectivity index (χ2v) is 7.57. The molecule has 0 spiro atoms. The van der Waals surface area contributed by atoms with Gasteiger partial charge in [-0.05, 0) is 60.3 Å². The molecule has 5 nitrogen and oxygen atoms in total. The van der Waals surface area contributed by atoms with Gasteiger partial charge in [0, 0.05) is 10.3 Å². The zero-order chi connectivity index (χ0) is 19.3. The lowest BCUT2D eigenvalue weighted by Crippen LogP contribution is -2.16. The topological polar surface area (TPSA) is 74.5 Å². The predicted molar refractivity (Wildman–Crippen MR) is 111 cm³/mol. The highest BCUT2D eigenvalue weighted by Crippen LogP contribution is 2.31. The summed E-state index contributed by atoms with van der Waals surface area (Å²) in [5, 5.41) is 13.1. The summed E-state index contributed by atoms with van der Waals surface area (Å²) in [6.07, 6.45) is 0.979. The highest BCUT2D eigenvalue weighted by molar-refractivity contribution is 7.20. The van der Waals surface area contributed by atoms with E-state index in [-0.39, 0.29) is 0 Å². The first-order valence-electron chi connectivity index (χ1n) is 9.05. The van der Waals surface area contributed by atoms with Gasteiger partial charge in [0.2, 0.25) is 0 Å². The number of carbonyl (C=O) groups is 1. The van der Waals surface area contributed by atoms with E-state index in [9.17, 15) is 4.79 Å². The van der Waals surface area contributed by atoms with Crippen LogP contribution in [0.25, 0.3) is 21.4 Å². The highest BCUT2D eigenvalue weighted by Gasteiger charge is 2.11. The molecule has 0 fully saturated rings. The van der Waals surface area contributed by atoms with Crippen molar-refractivity contribution >= 4 is 27.3 Å². The fourth-order valence-corrected chi connectivity index (χ4v) is 4.01. The Hall–Kier alpha value is -2.93. The van der Waals surface area contributed by atoms with Crippen molar-refractivity contribution < 1.29 is 14.4 Å². The van der Waals surface area contributed by atoms with Crippen molar-refractivity contribution in [1.29, 1.82) is 0 Å². The fourth-order valence-electron chi connectivity index (χ4n) is 3.08. The molecule has 2 aromatic heterocycles. The standard InChI is InChI=1S/C22H20N2O3S/c25-22(24-26)21-13-17-12-16(6-9-20(17)28-21)19-8-7-18(27-19)14-23-11-10-15-4-2-1-3-5-15/h1-9,12-13,23,26H,10-11,14H2,(H,24,25). The minimum Gasteiger partial charge on any atom is -0.460 e. The van der Waals surface area contributed by atoms with E-state index in [1.54, 1.807) is 11.5 Å². The van der Waals surface area contributed by atoms with E-state index in [4.69, 9.17) is 9.62 Å². The number of amides is 1. The van der Waals surface area contributed by atoms with Crippen LogP contribution in [0.4, 0.5) is 0 Å². The number of thiophene rings is 1. The number of hydrogen-bond acceptors (Lipinski definition) is 5. The van der Waals surface area contributed by atoms with Crippen LogP contribution in [0.1, 0.15) is 21.0 Å². The van der Waals surface area contributed by atoms with Crippen LogP contribution in [0, 0.1) is 0 Å². The normalized spacial score (nSPS) is 11.0. The van der Waals surface area contributed by atoms with Crippen molar-refractivity contribution in [3.8, 4) is 11.3 Å². The van der Waals surface area contributed by atoms with Gasteiger partial charge in [-0.1, -0.05) is 30.3 Å². The SMILES string of the molecule is O=C(NO)c1cc2cc(-c3ccc(CNCCc4ccccc4)o3)ccc2s1. The Morgan fingerprint density at radius 1 is 1.04 bits per heavy atom. The van der Waals surface area contributed by atoms with Crippen molar-refractivity contribution in [2.24, 2.45) is 0 Å². The first-order chi connectivity index (χ1) is 13.7. The zero-order valence-corrected chi connectivity index (χ0v) is 16.0. The molecule has 3 N–H and O–H groups in total. The zero-order valence-electron chi connectivity index (χ0n) is 15.1. The summed E-state index contributed by atoms with van der Waals surface area (Å²) < 4.78 is 6.95. The largest absolute Gasteiger partial charge is 0.460 e. The molecule has 0 unspecified atom stereocenters. The van der Waals surface area contributed by atoms with E-state index in [2.05, 4.69) is 29.6 Å². The molecular formula is C22H20N2O3S. The molecule has 0 radical (unpaired) electrons. The van der Waals surface area contributed by atoms with Crippen LogP contribution in [0.5, 0.6) is 0 Å². The molecular weight excluding hydrogens is 372 g/mol. The lowest BCUT2D eigenvalue weighted by molar-refractivity contribution is 0.0711. The smallest absolute Gasteiger partial charge is 0.284 e. The van der Waals surface area contributed by atoms with Crippen LogP contribution in [0.2, 0.25) is 0 Å². The molecule has 4 aromatic rings. The Balaban J connectivity index is 1.40. The third-order valence-electron chi connectivity index (χ3n) is 4.52. The number of rotatable bonds is 7. The average Bonchev–Trinajstić information content (AvgIpc) is 3.38. The molecule has 0 aliphatic rings. The van der Waals surface area contributed by atoms with E-state index in [0.29, 0.717) is 11.4 Å². The second kappa shape index (κ2) is 8.39. The van der Waals surface area contributed by atoms with Crippen LogP contribution in [0.15, 0.2) is 71.1 Å². The third kappa shape index (κ3) is 4.14. The predicted octanol–water partition coefficient (Wildman–Crippen LogP) is 4.61. The van der Waals surface area contributed by atoms with Crippen LogP contribution in [-0.4, -0.2) is 17.7 Å². The first-order valence-corrected chi connectivity index (χ1v) is 9.86. The number of benzene rings is 2. The van der Waals surface area contributed by atoms with Gasteiger partial charge >= 0.3 is 0 Å². The molecule has 0 aliphatic heterocycles. The number of hydroxylamine groups is 1. The summed E-state index contributed by atoms with van der Waals surface area (Å²) in [7, 11) is 0. The van der Waals surface area contributed by atoms with Crippen LogP contribution < -0.4 is 10.8 Å². The monoisotopic (exact) mass is 392 g/mol. The Kier molecular flexibility index (Phi) is 5.53. The number of hydrogen-bond donors (Lipinski definition) is 3. The summed E-state index contributed by atoms with van der Waals surface area (Å²) >= 11 is 1.34. The van der Waals surface area contributed by atoms with E-state index < -0.39 is 5.91 Å². The quantitative estimate of drug-likeness (QED) is 0.244. The van der Waals surface area contributed by atoms with Crippen LogP contribution in [0.3, 0.4) is 0 Å². The van der Waals surface area contributed by atoms with Crippen molar-refractivity contribution in [3.63, 3.8) is 0 Å². The van der Waals surface area contributed by atoms with Crippen molar-refractivity contribution in [1.82, 2.24) is 10.8 Å². The van der Waals surface area contributed by atoms with E-state index in [1.807, 2.05) is 36.4 Å². The molecule has 0 saturated heterocycles. The van der Waals surface area contributed by atoms with Crippen LogP contribution in [-0.2, 0) is 13.0 Å². The fraction of sp³-hybridized carbons (Fsp3) is 0.136. The molecule has 2 heterocycles. The third-order valence-corrected chi connectivity index (χ3v) is 5.64. The first kappa shape index (κ1) is 18.4. The molecule has 0 saturated carbocycles. The summed E-state index contributed by atoms with van der Waals surface area (Å²) in [5.41, 5.74) is 3.94. The second-order valence-electron chi connectivity index (χ2n) is 6.48. The molecule has 1 amide bonds. The Labute approximate surface area is 166 Å². The van der Waals surface area contributed by atoms with Gasteiger partial charge in [-0.25, -0.2) is 5.48 Å². The molecule has 2 aromatic carbocycles. The van der Waals surface area contributed by atoms with Gasteiger partial charge < -0.3 is 9.73 Å². The maximum absolute atomic E-state index is 11.6. The minimum atomic E-state index is -0.496. The number of fused-ring (bicyclic) bond motifs is 1. The lowest BCUT2D eigenvalue weighted by atomic mass is 10.1. The minimum absolute atomic E-state index is 0.470. The van der Waals surface area contributed by atoms with E-state index >= 15 is 0 Å². The Morgan fingerprint density at radius 3 is 2.71 bits per heavy atom. The number of furan rings is 1. The Morgan fingerprint density at radius 2 is 1.89 bits per heavy atom. The summed E-state index contributed by atoms with van der Waals surface area (Å²) in [6, 6.07) is 22.0. The average molecular weight is 392 g/mol.